The van der Waals surface area contributed by atoms with Crippen LogP contribution in [0.15, 0.2) is 24.3 Å². The number of benzene rings is 1. The molecule has 0 bridgehead atoms. The number of halogens is 1. The van der Waals surface area contributed by atoms with Crippen molar-refractivity contribution in [1.29, 1.82) is 0 Å². The minimum absolute atomic E-state index is 0.346. The quantitative estimate of drug-likeness (QED) is 0.660. The predicted octanol–water partition coefficient (Wildman–Crippen LogP) is 2.54. The van der Waals surface area contributed by atoms with Gasteiger partial charge >= 0.3 is 10.2 Å². The molecule has 8 nitrogen and oxygen atoms in total. The molecule has 156 valence electrons. The number of nitrogens with one attached hydrogen (secondary N) is 2. The lowest BCUT2D eigenvalue weighted by Crippen LogP contribution is -2.30. The Bertz CT molecular complexity index is 1030. The highest BCUT2D eigenvalue weighted by Gasteiger charge is 2.37. The van der Waals surface area contributed by atoms with Crippen LogP contribution in [0.5, 0.6) is 5.75 Å². The number of rotatable bonds is 6. The Kier molecular flexibility index (Phi) is 5.65. The highest BCUT2D eigenvalue weighted by Crippen LogP contribution is 2.38. The van der Waals surface area contributed by atoms with Crippen LogP contribution >= 0.6 is 0 Å². The van der Waals surface area contributed by atoms with Crippen LogP contribution in [0.4, 0.5) is 15.9 Å². The van der Waals surface area contributed by atoms with E-state index in [1.807, 2.05) is 0 Å². The van der Waals surface area contributed by atoms with Crippen molar-refractivity contribution in [2.24, 2.45) is 5.92 Å². The maximum Gasteiger partial charge on any atom is 0.326 e. The fourth-order valence-electron chi connectivity index (χ4n) is 3.09. The molecule has 1 fully saturated rings. The number of aromatic hydroxyl groups is 1. The minimum atomic E-state index is -4.23. The van der Waals surface area contributed by atoms with Gasteiger partial charge < -0.3 is 10.4 Å². The number of amides is 1. The molecular weight excluding hydrogens is 399 g/mol. The van der Waals surface area contributed by atoms with Crippen LogP contribution in [0.1, 0.15) is 26.0 Å². The summed E-state index contributed by atoms with van der Waals surface area (Å²) in [7, 11) is -4.23. The summed E-state index contributed by atoms with van der Waals surface area (Å²) in [6, 6.07) is 5.89. The van der Waals surface area contributed by atoms with Crippen molar-refractivity contribution in [3.05, 3.63) is 35.8 Å². The van der Waals surface area contributed by atoms with Crippen molar-refractivity contribution in [2.45, 2.75) is 27.2 Å². The maximum absolute atomic E-state index is 14.7. The number of phenolic OH excluding ortho intramolecular Hbond substituents is 1. The summed E-state index contributed by atoms with van der Waals surface area (Å²) in [4.78, 5) is 15.9. The molecule has 3 rings (SSSR count). The van der Waals surface area contributed by atoms with Crippen molar-refractivity contribution in [3.63, 3.8) is 0 Å². The molecule has 2 aromatic rings. The van der Waals surface area contributed by atoms with Crippen LogP contribution in [-0.4, -0.2) is 37.5 Å². The van der Waals surface area contributed by atoms with Crippen LogP contribution in [0.3, 0.4) is 0 Å². The number of hydrogen-bond donors (Lipinski definition) is 3. The first kappa shape index (κ1) is 20.8. The summed E-state index contributed by atoms with van der Waals surface area (Å²) in [5.74, 6) is -1.08. The zero-order valence-corrected chi connectivity index (χ0v) is 17.2. The number of hydrogen-bond acceptors (Lipinski definition) is 6. The molecule has 0 atom stereocenters. The summed E-state index contributed by atoms with van der Waals surface area (Å²) >= 11 is 0. The Morgan fingerprint density at radius 1 is 1.34 bits per heavy atom. The van der Waals surface area contributed by atoms with Gasteiger partial charge in [-0.05, 0) is 49.1 Å². The first-order valence-corrected chi connectivity index (χ1v) is 10.6. The largest absolute Gasteiger partial charge is 0.506 e. The van der Waals surface area contributed by atoms with Gasteiger partial charge in [0.25, 0.3) is 5.91 Å². The van der Waals surface area contributed by atoms with Gasteiger partial charge in [-0.15, -0.1) is 0 Å². The highest BCUT2D eigenvalue weighted by molar-refractivity contribution is 7.92. The van der Waals surface area contributed by atoms with Gasteiger partial charge in [0.1, 0.15) is 23.8 Å². The third-order valence-electron chi connectivity index (χ3n) is 4.54. The predicted molar refractivity (Wildman–Crippen MR) is 108 cm³/mol. The van der Waals surface area contributed by atoms with Gasteiger partial charge in [0.2, 0.25) is 0 Å². The molecule has 0 radical (unpaired) electrons. The Morgan fingerprint density at radius 2 is 2.07 bits per heavy atom. The third kappa shape index (κ3) is 4.42. The molecular formula is C19H23FN4O4S. The molecule has 1 aromatic carbocycles. The van der Waals surface area contributed by atoms with Gasteiger partial charge in [-0.3, -0.25) is 4.79 Å². The average Bonchev–Trinajstić information content (AvgIpc) is 2.86. The van der Waals surface area contributed by atoms with Gasteiger partial charge in [-0.25, -0.2) is 18.4 Å². The van der Waals surface area contributed by atoms with Gasteiger partial charge in [0.05, 0.1) is 0 Å². The number of anilines is 2. The summed E-state index contributed by atoms with van der Waals surface area (Å²) in [6.07, 6.45) is 1.000. The second-order valence-electron chi connectivity index (χ2n) is 7.30. The van der Waals surface area contributed by atoms with Crippen molar-refractivity contribution in [3.8, 4) is 16.9 Å². The van der Waals surface area contributed by atoms with Crippen molar-refractivity contribution < 1.29 is 22.7 Å². The van der Waals surface area contributed by atoms with E-state index in [1.54, 1.807) is 23.8 Å². The smallest absolute Gasteiger partial charge is 0.326 e. The van der Waals surface area contributed by atoms with Crippen LogP contribution in [0.2, 0.25) is 0 Å². The summed E-state index contributed by atoms with van der Waals surface area (Å²) < 4.78 is 40.9. The summed E-state index contributed by atoms with van der Waals surface area (Å²) in [5.41, 5.74) is 0.999. The molecule has 0 spiro atoms. The molecule has 3 N–H and O–H groups in total. The monoisotopic (exact) mass is 422 g/mol. The van der Waals surface area contributed by atoms with E-state index in [0.717, 1.165) is 19.0 Å². The molecule has 1 aromatic heterocycles. The van der Waals surface area contributed by atoms with E-state index >= 15 is 0 Å². The van der Waals surface area contributed by atoms with Crippen molar-refractivity contribution in [2.75, 3.05) is 22.7 Å². The lowest BCUT2D eigenvalue weighted by atomic mass is 10.0. The summed E-state index contributed by atoms with van der Waals surface area (Å²) in [6.45, 7) is 6.22. The molecule has 0 unspecified atom stereocenters. The highest BCUT2D eigenvalue weighted by atomic mass is 32.2. The lowest BCUT2D eigenvalue weighted by Gasteiger charge is -2.18. The van der Waals surface area contributed by atoms with E-state index in [-0.39, 0.29) is 0 Å². The lowest BCUT2D eigenvalue weighted by molar-refractivity contribution is -0.117. The first-order chi connectivity index (χ1) is 13.6. The SMILES string of the molecule is Cc1nc(NCCC(C)C)ccc1-c1cc(O)c(N2CC(=O)NS2(=O)=O)c(F)c1. The van der Waals surface area contributed by atoms with Crippen LogP contribution in [-0.2, 0) is 15.0 Å². The van der Waals surface area contributed by atoms with Crippen molar-refractivity contribution >= 4 is 27.6 Å². The van der Waals surface area contributed by atoms with Crippen LogP contribution in [0.25, 0.3) is 11.1 Å². The Hall–Kier alpha value is -2.88. The van der Waals surface area contributed by atoms with Gasteiger partial charge in [0, 0.05) is 17.8 Å². The second-order valence-corrected chi connectivity index (χ2v) is 8.90. The number of nitrogens with zero attached hydrogens (tertiary/aromatic N) is 2. The number of pyridine rings is 1. The Morgan fingerprint density at radius 3 is 2.62 bits per heavy atom. The number of aryl methyl sites for hydroxylation is 1. The molecule has 1 amide bonds. The van der Waals surface area contributed by atoms with Crippen LogP contribution in [0, 0.1) is 18.7 Å². The maximum atomic E-state index is 14.7. The minimum Gasteiger partial charge on any atom is -0.506 e. The van der Waals surface area contributed by atoms with E-state index < -0.39 is 39.9 Å². The Balaban J connectivity index is 1.90. The molecule has 1 saturated heterocycles. The number of carbonyl (C=O) groups excluding carboxylic acids is 1. The molecule has 2 heterocycles. The average molecular weight is 422 g/mol. The Labute approximate surface area is 168 Å². The normalized spacial score (nSPS) is 15.6. The van der Waals surface area contributed by atoms with E-state index in [4.69, 9.17) is 0 Å². The molecule has 29 heavy (non-hydrogen) atoms. The van der Waals surface area contributed by atoms with Gasteiger partial charge in [0.15, 0.2) is 5.82 Å². The summed E-state index contributed by atoms with van der Waals surface area (Å²) in [5, 5.41) is 13.5. The number of aromatic nitrogens is 1. The molecule has 1 aliphatic rings. The van der Waals surface area contributed by atoms with Crippen LogP contribution < -0.4 is 14.3 Å². The van der Waals surface area contributed by atoms with E-state index in [1.165, 1.54) is 6.07 Å². The van der Waals surface area contributed by atoms with E-state index in [9.17, 15) is 22.7 Å². The standard InChI is InChI=1S/C19H23FN4O4S/c1-11(2)6-7-21-17-5-4-14(12(3)22-17)13-8-15(20)19(16(25)9-13)24-10-18(26)23-29(24,27)28/h4-5,8-9,11,25H,6-7,10H2,1-3H3,(H,21,22)(H,23,26). The van der Waals surface area contributed by atoms with Crippen molar-refractivity contribution in [1.82, 2.24) is 9.71 Å². The van der Waals surface area contributed by atoms with Gasteiger partial charge in [-0.1, -0.05) is 13.8 Å². The van der Waals surface area contributed by atoms with Gasteiger partial charge in [-0.2, -0.15) is 8.42 Å². The zero-order valence-electron chi connectivity index (χ0n) is 16.4. The fraction of sp³-hybridized carbons (Fsp3) is 0.368. The third-order valence-corrected chi connectivity index (χ3v) is 5.92. The second kappa shape index (κ2) is 7.86. The van der Waals surface area contributed by atoms with E-state index in [0.29, 0.717) is 32.9 Å². The number of phenols is 1. The molecule has 1 aliphatic heterocycles. The fourth-order valence-corrected chi connectivity index (χ4v) is 4.26. The first-order valence-electron chi connectivity index (χ1n) is 9.16. The van der Waals surface area contributed by atoms with E-state index in [2.05, 4.69) is 24.1 Å². The molecule has 0 aliphatic carbocycles. The molecule has 0 saturated carbocycles. The number of carbonyl (C=O) groups is 1. The molecule has 10 heteroatoms. The zero-order chi connectivity index (χ0) is 21.3. The topological polar surface area (TPSA) is 112 Å².